The third-order valence-corrected chi connectivity index (χ3v) is 5.18. The minimum absolute atomic E-state index is 0.164. The van der Waals surface area contributed by atoms with Gasteiger partial charge in [-0.15, -0.1) is 10.2 Å². The SMILES string of the molecule is CNS(=O)(=O)c1ccc(NCc2nncn2C2CC2)c([N+](=O)[O-])c1. The number of benzene rings is 1. The summed E-state index contributed by atoms with van der Waals surface area (Å²) in [6.45, 7) is 0.259. The first-order valence-corrected chi connectivity index (χ1v) is 8.75. The van der Waals surface area contributed by atoms with Gasteiger partial charge in [0.15, 0.2) is 5.82 Å². The van der Waals surface area contributed by atoms with E-state index >= 15 is 0 Å². The first-order valence-electron chi connectivity index (χ1n) is 7.26. The van der Waals surface area contributed by atoms with E-state index in [0.29, 0.717) is 11.9 Å². The Morgan fingerprint density at radius 3 is 2.79 bits per heavy atom. The highest BCUT2D eigenvalue weighted by atomic mass is 32.2. The van der Waals surface area contributed by atoms with E-state index in [-0.39, 0.29) is 22.8 Å². The highest BCUT2D eigenvalue weighted by molar-refractivity contribution is 7.89. The number of rotatable bonds is 7. The molecule has 0 atom stereocenters. The third kappa shape index (κ3) is 3.21. The zero-order valence-electron chi connectivity index (χ0n) is 12.8. The van der Waals surface area contributed by atoms with Gasteiger partial charge < -0.3 is 9.88 Å². The zero-order valence-corrected chi connectivity index (χ0v) is 13.7. The molecule has 1 aromatic heterocycles. The van der Waals surface area contributed by atoms with Gasteiger partial charge in [-0.1, -0.05) is 0 Å². The van der Waals surface area contributed by atoms with E-state index in [9.17, 15) is 18.5 Å². The number of nitro groups is 1. The Morgan fingerprint density at radius 1 is 1.42 bits per heavy atom. The van der Waals surface area contributed by atoms with Crippen LogP contribution in [0.3, 0.4) is 0 Å². The fraction of sp³-hybridized carbons (Fsp3) is 0.385. The molecular formula is C13H16N6O4S. The highest BCUT2D eigenvalue weighted by Gasteiger charge is 2.26. The van der Waals surface area contributed by atoms with Crippen LogP contribution in [0.25, 0.3) is 0 Å². The molecule has 10 nitrogen and oxygen atoms in total. The van der Waals surface area contributed by atoms with Gasteiger partial charge >= 0.3 is 0 Å². The van der Waals surface area contributed by atoms with E-state index in [1.54, 1.807) is 6.33 Å². The minimum Gasteiger partial charge on any atom is -0.372 e. The quantitative estimate of drug-likeness (QED) is 0.562. The molecule has 0 saturated heterocycles. The van der Waals surface area contributed by atoms with Gasteiger partial charge in [0.2, 0.25) is 10.0 Å². The van der Waals surface area contributed by atoms with Gasteiger partial charge in [-0.2, -0.15) is 0 Å². The van der Waals surface area contributed by atoms with Crippen LogP contribution >= 0.6 is 0 Å². The molecule has 0 bridgehead atoms. The fourth-order valence-corrected chi connectivity index (χ4v) is 3.07. The lowest BCUT2D eigenvalue weighted by Gasteiger charge is -2.09. The van der Waals surface area contributed by atoms with Crippen LogP contribution in [0.5, 0.6) is 0 Å². The second kappa shape index (κ2) is 6.17. The zero-order chi connectivity index (χ0) is 17.3. The monoisotopic (exact) mass is 352 g/mol. The molecule has 24 heavy (non-hydrogen) atoms. The molecule has 0 amide bonds. The minimum atomic E-state index is -3.75. The van der Waals surface area contributed by atoms with Crippen LogP contribution in [-0.4, -0.2) is 35.2 Å². The van der Waals surface area contributed by atoms with Crippen LogP contribution in [0.2, 0.25) is 0 Å². The second-order valence-electron chi connectivity index (χ2n) is 5.38. The molecule has 1 aromatic carbocycles. The van der Waals surface area contributed by atoms with Gasteiger partial charge in [-0.3, -0.25) is 10.1 Å². The van der Waals surface area contributed by atoms with Crippen molar-refractivity contribution in [2.75, 3.05) is 12.4 Å². The smallest absolute Gasteiger partial charge is 0.293 e. The standard InChI is InChI=1S/C13H16N6O4S/c1-14-24(22,23)10-4-5-11(12(6-10)19(20)21)15-7-13-17-16-8-18(13)9-2-3-9/h4-6,8-9,14-15H,2-3,7H2,1H3. The van der Waals surface area contributed by atoms with Crippen molar-refractivity contribution in [3.05, 3.63) is 40.5 Å². The van der Waals surface area contributed by atoms with Gasteiger partial charge in [0.05, 0.1) is 16.4 Å². The molecule has 0 aliphatic heterocycles. The largest absolute Gasteiger partial charge is 0.372 e. The maximum absolute atomic E-state index is 11.8. The number of hydrogen-bond acceptors (Lipinski definition) is 7. The molecule has 1 saturated carbocycles. The maximum Gasteiger partial charge on any atom is 0.293 e. The summed E-state index contributed by atoms with van der Waals surface area (Å²) in [4.78, 5) is 10.5. The molecule has 1 heterocycles. The maximum atomic E-state index is 11.8. The van der Waals surface area contributed by atoms with Crippen LogP contribution in [0.15, 0.2) is 29.4 Å². The van der Waals surface area contributed by atoms with Crippen molar-refractivity contribution >= 4 is 21.4 Å². The average Bonchev–Trinajstić information content (AvgIpc) is 3.30. The second-order valence-corrected chi connectivity index (χ2v) is 7.27. The van der Waals surface area contributed by atoms with E-state index in [1.165, 1.54) is 19.2 Å². The summed E-state index contributed by atoms with van der Waals surface area (Å²) in [5, 5.41) is 22.1. The Balaban J connectivity index is 1.84. The van der Waals surface area contributed by atoms with Gasteiger partial charge in [-0.05, 0) is 32.0 Å². The van der Waals surface area contributed by atoms with E-state index in [1.807, 2.05) is 4.57 Å². The van der Waals surface area contributed by atoms with E-state index in [0.717, 1.165) is 18.9 Å². The van der Waals surface area contributed by atoms with Crippen LogP contribution in [-0.2, 0) is 16.6 Å². The van der Waals surface area contributed by atoms with Gasteiger partial charge in [0.25, 0.3) is 5.69 Å². The summed E-state index contributed by atoms with van der Waals surface area (Å²) in [6.07, 6.45) is 3.79. The summed E-state index contributed by atoms with van der Waals surface area (Å²) in [5.74, 6) is 0.679. The first kappa shape index (κ1) is 16.3. The Bertz CT molecular complexity index is 874. The van der Waals surface area contributed by atoms with Gasteiger partial charge in [-0.25, -0.2) is 13.1 Å². The van der Waals surface area contributed by atoms with Crippen molar-refractivity contribution in [1.82, 2.24) is 19.5 Å². The van der Waals surface area contributed by atoms with Crippen LogP contribution < -0.4 is 10.0 Å². The van der Waals surface area contributed by atoms with Gasteiger partial charge in [0.1, 0.15) is 12.0 Å². The van der Waals surface area contributed by atoms with Crippen LogP contribution in [0.1, 0.15) is 24.7 Å². The summed E-state index contributed by atoms with van der Waals surface area (Å²) in [7, 11) is -2.50. The van der Waals surface area contributed by atoms with Crippen molar-refractivity contribution < 1.29 is 13.3 Å². The van der Waals surface area contributed by atoms with E-state index in [2.05, 4.69) is 20.2 Å². The normalized spacial score (nSPS) is 14.5. The molecule has 11 heteroatoms. The topological polar surface area (TPSA) is 132 Å². The Morgan fingerprint density at radius 2 is 2.17 bits per heavy atom. The molecule has 1 aliphatic carbocycles. The van der Waals surface area contributed by atoms with Crippen molar-refractivity contribution in [3.8, 4) is 0 Å². The Kier molecular flexibility index (Phi) is 4.20. The average molecular weight is 352 g/mol. The van der Waals surface area contributed by atoms with Crippen molar-refractivity contribution in [2.24, 2.45) is 0 Å². The number of nitrogens with zero attached hydrogens (tertiary/aromatic N) is 4. The van der Waals surface area contributed by atoms with Crippen molar-refractivity contribution in [2.45, 2.75) is 30.3 Å². The van der Waals surface area contributed by atoms with E-state index < -0.39 is 14.9 Å². The predicted molar refractivity (Wildman–Crippen MR) is 85.0 cm³/mol. The summed E-state index contributed by atoms with van der Waals surface area (Å²) in [5.41, 5.74) is -0.0933. The molecule has 0 unspecified atom stereocenters. The van der Waals surface area contributed by atoms with Crippen molar-refractivity contribution in [3.63, 3.8) is 0 Å². The number of aromatic nitrogens is 3. The number of sulfonamides is 1. The van der Waals surface area contributed by atoms with E-state index in [4.69, 9.17) is 0 Å². The van der Waals surface area contributed by atoms with Crippen LogP contribution in [0, 0.1) is 10.1 Å². The molecule has 2 aromatic rings. The Labute approximate surface area is 138 Å². The lowest BCUT2D eigenvalue weighted by atomic mass is 10.2. The summed E-state index contributed by atoms with van der Waals surface area (Å²) in [6, 6.07) is 4.11. The summed E-state index contributed by atoms with van der Waals surface area (Å²) >= 11 is 0. The van der Waals surface area contributed by atoms with Crippen molar-refractivity contribution in [1.29, 1.82) is 0 Å². The molecule has 2 N–H and O–H groups in total. The number of nitro benzene ring substituents is 1. The molecule has 1 fully saturated rings. The molecule has 1 aliphatic rings. The lowest BCUT2D eigenvalue weighted by Crippen LogP contribution is -2.18. The first-order chi connectivity index (χ1) is 11.4. The fourth-order valence-electron chi connectivity index (χ4n) is 2.32. The molecule has 128 valence electrons. The number of nitrogens with one attached hydrogen (secondary N) is 2. The summed E-state index contributed by atoms with van der Waals surface area (Å²) < 4.78 is 27.6. The molecular weight excluding hydrogens is 336 g/mol. The predicted octanol–water partition coefficient (Wildman–Crippen LogP) is 1.04. The molecule has 3 rings (SSSR count). The molecule has 0 spiro atoms. The van der Waals surface area contributed by atoms with Crippen LogP contribution in [0.4, 0.5) is 11.4 Å². The third-order valence-electron chi connectivity index (χ3n) is 3.77. The van der Waals surface area contributed by atoms with Gasteiger partial charge in [0, 0.05) is 12.1 Å². The Hall–Kier alpha value is -2.53. The number of hydrogen-bond donors (Lipinski definition) is 2. The highest BCUT2D eigenvalue weighted by Crippen LogP contribution is 2.35. The number of anilines is 1. The lowest BCUT2D eigenvalue weighted by molar-refractivity contribution is -0.384. The molecule has 0 radical (unpaired) electrons.